The van der Waals surface area contributed by atoms with Crippen molar-refractivity contribution in [2.45, 2.75) is 26.0 Å². The van der Waals surface area contributed by atoms with Gasteiger partial charge in [0, 0.05) is 18.0 Å². The topological polar surface area (TPSA) is 23.5 Å². The lowest BCUT2D eigenvalue weighted by Gasteiger charge is -2.16. The number of nitrogens with zero attached hydrogens (tertiary/aromatic N) is 1. The minimum absolute atomic E-state index is 0.178. The fraction of sp³-hybridized carbons (Fsp3) is 0.412. The Kier molecular flexibility index (Phi) is 4.20. The van der Waals surface area contributed by atoms with E-state index in [-0.39, 0.29) is 6.10 Å². The second-order valence-electron chi connectivity index (χ2n) is 5.69. The highest BCUT2D eigenvalue weighted by Gasteiger charge is 2.26. The van der Waals surface area contributed by atoms with E-state index in [2.05, 4.69) is 46.7 Å². The summed E-state index contributed by atoms with van der Waals surface area (Å²) < 4.78 is 0. The molecule has 20 heavy (non-hydrogen) atoms. The van der Waals surface area contributed by atoms with Gasteiger partial charge in [-0.05, 0) is 48.4 Å². The van der Waals surface area contributed by atoms with Crippen LogP contribution in [0.2, 0.25) is 0 Å². The molecule has 2 atom stereocenters. The number of hydrogen-bond acceptors (Lipinski definition) is 3. The number of likely N-dealkylation sites (tertiary alicyclic amines) is 1. The van der Waals surface area contributed by atoms with Gasteiger partial charge in [0.25, 0.3) is 0 Å². The van der Waals surface area contributed by atoms with Gasteiger partial charge in [0.15, 0.2) is 0 Å². The summed E-state index contributed by atoms with van der Waals surface area (Å²) in [6.45, 7) is 5.05. The summed E-state index contributed by atoms with van der Waals surface area (Å²) in [4.78, 5) is 3.87. The molecule has 2 unspecified atom stereocenters. The lowest BCUT2D eigenvalue weighted by molar-refractivity contribution is 0.127. The molecule has 2 aromatic rings. The van der Waals surface area contributed by atoms with Crippen LogP contribution in [0.4, 0.5) is 0 Å². The summed E-state index contributed by atoms with van der Waals surface area (Å²) in [5.74, 6) is 0.448. The summed E-state index contributed by atoms with van der Waals surface area (Å²) in [6.07, 6.45) is 0.942. The van der Waals surface area contributed by atoms with Crippen molar-refractivity contribution in [1.29, 1.82) is 0 Å². The number of aliphatic hydroxyl groups is 1. The minimum atomic E-state index is -0.178. The van der Waals surface area contributed by atoms with Crippen LogP contribution in [-0.2, 0) is 6.54 Å². The first-order valence-corrected chi connectivity index (χ1v) is 8.13. The van der Waals surface area contributed by atoms with Gasteiger partial charge in [-0.25, -0.2) is 0 Å². The van der Waals surface area contributed by atoms with Crippen molar-refractivity contribution in [3.05, 3.63) is 46.7 Å². The van der Waals surface area contributed by atoms with Crippen LogP contribution < -0.4 is 0 Å². The number of thiophene rings is 1. The largest absolute Gasteiger partial charge is 0.393 e. The second kappa shape index (κ2) is 6.08. The highest BCUT2D eigenvalue weighted by Crippen LogP contribution is 2.28. The van der Waals surface area contributed by atoms with Crippen LogP contribution >= 0.6 is 11.3 Å². The summed E-state index contributed by atoms with van der Waals surface area (Å²) in [7, 11) is 0. The van der Waals surface area contributed by atoms with Crippen LogP contribution in [0.15, 0.2) is 41.8 Å². The van der Waals surface area contributed by atoms with Crippen molar-refractivity contribution in [2.75, 3.05) is 13.1 Å². The first kappa shape index (κ1) is 13.8. The van der Waals surface area contributed by atoms with Crippen LogP contribution in [0.1, 0.15) is 18.2 Å². The van der Waals surface area contributed by atoms with Crippen LogP contribution in [0.5, 0.6) is 0 Å². The SMILES string of the molecule is CC(O)C1CCN(Cc2cc(-c3ccccc3)cs2)C1. The molecule has 1 aromatic heterocycles. The molecule has 1 fully saturated rings. The van der Waals surface area contributed by atoms with E-state index in [1.807, 2.05) is 18.3 Å². The van der Waals surface area contributed by atoms with Crippen LogP contribution in [0.25, 0.3) is 11.1 Å². The summed E-state index contributed by atoms with van der Waals surface area (Å²) in [6, 6.07) is 12.8. The third kappa shape index (κ3) is 3.11. The van der Waals surface area contributed by atoms with Crippen molar-refractivity contribution in [1.82, 2.24) is 4.90 Å². The number of hydrogen-bond donors (Lipinski definition) is 1. The van der Waals surface area contributed by atoms with E-state index >= 15 is 0 Å². The standard InChI is InChI=1S/C17H21NOS/c1-13(19)15-7-8-18(10-15)11-17-9-16(12-20-17)14-5-3-2-4-6-14/h2-6,9,12-13,15,19H,7-8,10-11H2,1H3. The van der Waals surface area contributed by atoms with Gasteiger partial charge < -0.3 is 5.11 Å². The van der Waals surface area contributed by atoms with Gasteiger partial charge >= 0.3 is 0 Å². The maximum atomic E-state index is 9.66. The van der Waals surface area contributed by atoms with Crippen LogP contribution in [-0.4, -0.2) is 29.2 Å². The Hall–Kier alpha value is -1.16. The predicted molar refractivity (Wildman–Crippen MR) is 84.8 cm³/mol. The quantitative estimate of drug-likeness (QED) is 0.928. The third-order valence-electron chi connectivity index (χ3n) is 4.13. The maximum Gasteiger partial charge on any atom is 0.0552 e. The molecule has 3 heteroatoms. The van der Waals surface area contributed by atoms with Gasteiger partial charge in [0.2, 0.25) is 0 Å². The average Bonchev–Trinajstić information content (AvgIpc) is 3.10. The van der Waals surface area contributed by atoms with Crippen molar-refractivity contribution in [2.24, 2.45) is 5.92 Å². The molecule has 0 radical (unpaired) electrons. The van der Waals surface area contributed by atoms with Gasteiger partial charge in [-0.3, -0.25) is 4.90 Å². The lowest BCUT2D eigenvalue weighted by atomic mass is 10.0. The summed E-state index contributed by atoms with van der Waals surface area (Å²) in [5.41, 5.74) is 2.61. The fourth-order valence-corrected chi connectivity index (χ4v) is 3.80. The molecule has 106 valence electrons. The molecule has 2 heterocycles. The molecule has 3 rings (SSSR count). The lowest BCUT2D eigenvalue weighted by Crippen LogP contribution is -2.23. The molecule has 1 saturated heterocycles. The van der Waals surface area contributed by atoms with Crippen molar-refractivity contribution >= 4 is 11.3 Å². The minimum Gasteiger partial charge on any atom is -0.393 e. The van der Waals surface area contributed by atoms with Crippen LogP contribution in [0, 0.1) is 5.92 Å². The second-order valence-corrected chi connectivity index (χ2v) is 6.69. The molecule has 1 aromatic carbocycles. The van der Waals surface area contributed by atoms with E-state index in [1.54, 1.807) is 0 Å². The summed E-state index contributed by atoms with van der Waals surface area (Å²) in [5, 5.41) is 11.9. The first-order chi connectivity index (χ1) is 9.72. The molecule has 2 nitrogen and oxygen atoms in total. The van der Waals surface area contributed by atoms with Crippen LogP contribution in [0.3, 0.4) is 0 Å². The average molecular weight is 287 g/mol. The molecule has 0 aliphatic carbocycles. The normalized spacial score (nSPS) is 21.2. The highest BCUT2D eigenvalue weighted by atomic mass is 32.1. The Labute approximate surface area is 124 Å². The van der Waals surface area contributed by atoms with E-state index in [0.29, 0.717) is 5.92 Å². The van der Waals surface area contributed by atoms with Gasteiger partial charge in [-0.15, -0.1) is 11.3 Å². The van der Waals surface area contributed by atoms with E-state index < -0.39 is 0 Å². The zero-order chi connectivity index (χ0) is 13.9. The van der Waals surface area contributed by atoms with E-state index in [4.69, 9.17) is 0 Å². The number of rotatable bonds is 4. The zero-order valence-corrected chi connectivity index (χ0v) is 12.6. The number of aliphatic hydroxyl groups excluding tert-OH is 1. The smallest absolute Gasteiger partial charge is 0.0552 e. The molecule has 1 aliphatic heterocycles. The van der Waals surface area contributed by atoms with Gasteiger partial charge in [0.1, 0.15) is 0 Å². The molecule has 1 N–H and O–H groups in total. The first-order valence-electron chi connectivity index (χ1n) is 7.25. The Morgan fingerprint density at radius 3 is 2.80 bits per heavy atom. The van der Waals surface area contributed by atoms with E-state index in [1.165, 1.54) is 16.0 Å². The Bertz CT molecular complexity index is 549. The highest BCUT2D eigenvalue weighted by molar-refractivity contribution is 7.10. The zero-order valence-electron chi connectivity index (χ0n) is 11.8. The molecular weight excluding hydrogens is 266 g/mol. The molecule has 0 spiro atoms. The van der Waals surface area contributed by atoms with Crippen molar-refractivity contribution in [3.63, 3.8) is 0 Å². The summed E-state index contributed by atoms with van der Waals surface area (Å²) >= 11 is 1.84. The van der Waals surface area contributed by atoms with Gasteiger partial charge in [-0.2, -0.15) is 0 Å². The van der Waals surface area contributed by atoms with E-state index in [9.17, 15) is 5.11 Å². The Morgan fingerprint density at radius 2 is 2.10 bits per heavy atom. The van der Waals surface area contributed by atoms with Crippen molar-refractivity contribution < 1.29 is 5.11 Å². The van der Waals surface area contributed by atoms with Crippen molar-refractivity contribution in [3.8, 4) is 11.1 Å². The molecule has 0 bridgehead atoms. The van der Waals surface area contributed by atoms with Gasteiger partial charge in [0.05, 0.1) is 6.10 Å². The van der Waals surface area contributed by atoms with Gasteiger partial charge in [-0.1, -0.05) is 30.3 Å². The number of benzene rings is 1. The Balaban J connectivity index is 1.64. The molecule has 1 aliphatic rings. The van der Waals surface area contributed by atoms with E-state index in [0.717, 1.165) is 26.1 Å². The third-order valence-corrected chi connectivity index (χ3v) is 5.05. The predicted octanol–water partition coefficient (Wildman–Crippen LogP) is 3.62. The molecular formula is C17H21NOS. The monoisotopic (exact) mass is 287 g/mol. The molecule has 0 amide bonds. The maximum absolute atomic E-state index is 9.66. The Morgan fingerprint density at radius 1 is 1.30 bits per heavy atom. The molecule has 0 saturated carbocycles. The fourth-order valence-electron chi connectivity index (χ4n) is 2.87.